The number of nitrogens with one attached hydrogen (secondary N) is 2. The molecular formula is C21H32IN3O3. The number of aryl methyl sites for hydroxylation is 1. The maximum atomic E-state index is 5.92. The lowest BCUT2D eigenvalue weighted by Crippen LogP contribution is -2.37. The molecule has 0 aliphatic rings. The Hall–Kier alpha value is -1.74. The van der Waals surface area contributed by atoms with Crippen molar-refractivity contribution in [1.29, 1.82) is 0 Å². The molecule has 0 bridgehead atoms. The van der Waals surface area contributed by atoms with Gasteiger partial charge in [-0.25, -0.2) is 0 Å². The third kappa shape index (κ3) is 8.97. The standard InChI is InChI=1S/C21H31N3O3.HI/c1-16(2)27-20-13-17(3)8-9-18(20)14-24-21(22-4)23-10-6-11-25-15-19-7-5-12-26-19;/h5,7-9,12-13,16H,6,10-11,14-15H2,1-4H3,(H2,22,23,24);1H. The molecule has 0 atom stereocenters. The second-order valence-electron chi connectivity index (χ2n) is 6.62. The van der Waals surface area contributed by atoms with E-state index in [1.165, 1.54) is 5.56 Å². The fraction of sp³-hybridized carbons (Fsp3) is 0.476. The summed E-state index contributed by atoms with van der Waals surface area (Å²) < 4.78 is 16.7. The monoisotopic (exact) mass is 501 g/mol. The number of halogens is 1. The topological polar surface area (TPSA) is 68.0 Å². The SMILES string of the molecule is CN=C(NCCCOCc1ccco1)NCc1ccc(C)cc1OC(C)C.I. The number of hydrogen-bond acceptors (Lipinski definition) is 4. The Morgan fingerprint density at radius 3 is 2.71 bits per heavy atom. The van der Waals surface area contributed by atoms with Crippen LogP contribution >= 0.6 is 24.0 Å². The van der Waals surface area contributed by atoms with Crippen LogP contribution in [0.15, 0.2) is 46.0 Å². The number of benzene rings is 1. The molecule has 0 fully saturated rings. The second kappa shape index (κ2) is 13.4. The van der Waals surface area contributed by atoms with Crippen LogP contribution in [0.3, 0.4) is 0 Å². The minimum Gasteiger partial charge on any atom is -0.491 e. The number of guanidine groups is 1. The zero-order valence-corrected chi connectivity index (χ0v) is 19.5. The van der Waals surface area contributed by atoms with E-state index in [4.69, 9.17) is 13.9 Å². The fourth-order valence-corrected chi connectivity index (χ4v) is 2.52. The highest BCUT2D eigenvalue weighted by atomic mass is 127. The highest BCUT2D eigenvalue weighted by Gasteiger charge is 2.07. The number of rotatable bonds is 10. The summed E-state index contributed by atoms with van der Waals surface area (Å²) in [6.45, 7) is 8.74. The molecule has 0 saturated heterocycles. The summed E-state index contributed by atoms with van der Waals surface area (Å²) in [5, 5.41) is 6.63. The van der Waals surface area contributed by atoms with E-state index in [0.717, 1.165) is 36.0 Å². The summed E-state index contributed by atoms with van der Waals surface area (Å²) in [4.78, 5) is 4.27. The zero-order chi connectivity index (χ0) is 19.5. The van der Waals surface area contributed by atoms with Gasteiger partial charge in [-0.2, -0.15) is 0 Å². The van der Waals surface area contributed by atoms with Crippen LogP contribution in [-0.2, 0) is 17.9 Å². The lowest BCUT2D eigenvalue weighted by molar-refractivity contribution is 0.105. The molecule has 0 amide bonds. The molecular weight excluding hydrogens is 469 g/mol. The van der Waals surface area contributed by atoms with Gasteiger partial charge in [-0.3, -0.25) is 4.99 Å². The number of furan rings is 1. The molecule has 7 heteroatoms. The highest BCUT2D eigenvalue weighted by molar-refractivity contribution is 14.0. The molecule has 2 N–H and O–H groups in total. The van der Waals surface area contributed by atoms with Gasteiger partial charge in [0.05, 0.1) is 12.4 Å². The number of hydrogen-bond donors (Lipinski definition) is 2. The van der Waals surface area contributed by atoms with Crippen molar-refractivity contribution in [3.63, 3.8) is 0 Å². The molecule has 0 aliphatic heterocycles. The maximum Gasteiger partial charge on any atom is 0.191 e. The molecule has 28 heavy (non-hydrogen) atoms. The molecule has 2 rings (SSSR count). The molecule has 2 aromatic rings. The first kappa shape index (κ1) is 24.3. The first-order chi connectivity index (χ1) is 13.1. The zero-order valence-electron chi connectivity index (χ0n) is 17.2. The van der Waals surface area contributed by atoms with E-state index in [-0.39, 0.29) is 30.1 Å². The summed E-state index contributed by atoms with van der Waals surface area (Å²) in [6, 6.07) is 10.0. The predicted molar refractivity (Wildman–Crippen MR) is 124 cm³/mol. The predicted octanol–water partition coefficient (Wildman–Crippen LogP) is 4.27. The molecule has 0 aliphatic carbocycles. The van der Waals surface area contributed by atoms with Crippen molar-refractivity contribution < 1.29 is 13.9 Å². The van der Waals surface area contributed by atoms with Crippen LogP contribution < -0.4 is 15.4 Å². The van der Waals surface area contributed by atoms with Gasteiger partial charge in [-0.15, -0.1) is 24.0 Å². The van der Waals surface area contributed by atoms with Gasteiger partial charge in [0.1, 0.15) is 18.1 Å². The molecule has 0 saturated carbocycles. The van der Waals surface area contributed by atoms with Gasteiger partial charge in [0.15, 0.2) is 5.96 Å². The van der Waals surface area contributed by atoms with Gasteiger partial charge >= 0.3 is 0 Å². The Kier molecular flexibility index (Phi) is 11.7. The third-order valence-corrected chi connectivity index (χ3v) is 3.84. The van der Waals surface area contributed by atoms with Crippen LogP contribution in [0.1, 0.15) is 37.2 Å². The molecule has 1 heterocycles. The average Bonchev–Trinajstić information content (AvgIpc) is 3.14. The second-order valence-corrected chi connectivity index (χ2v) is 6.62. The molecule has 1 aromatic heterocycles. The minimum absolute atomic E-state index is 0. The molecule has 0 radical (unpaired) electrons. The highest BCUT2D eigenvalue weighted by Crippen LogP contribution is 2.21. The van der Waals surface area contributed by atoms with Crippen LogP contribution in [0.25, 0.3) is 0 Å². The van der Waals surface area contributed by atoms with Crippen molar-refractivity contribution in [2.45, 2.75) is 46.4 Å². The first-order valence-electron chi connectivity index (χ1n) is 9.39. The van der Waals surface area contributed by atoms with Gasteiger partial charge in [0.25, 0.3) is 0 Å². The van der Waals surface area contributed by atoms with E-state index >= 15 is 0 Å². The normalized spacial score (nSPS) is 11.2. The molecule has 0 spiro atoms. The van der Waals surface area contributed by atoms with Gasteiger partial charge in [-0.05, 0) is 51.0 Å². The summed E-state index contributed by atoms with van der Waals surface area (Å²) in [6.07, 6.45) is 2.68. The van der Waals surface area contributed by atoms with E-state index < -0.39 is 0 Å². The lowest BCUT2D eigenvalue weighted by atomic mass is 10.1. The Bertz CT molecular complexity index is 703. The molecule has 0 unspecified atom stereocenters. The van der Waals surface area contributed by atoms with Crippen molar-refractivity contribution in [1.82, 2.24) is 10.6 Å². The van der Waals surface area contributed by atoms with E-state index in [1.54, 1.807) is 13.3 Å². The van der Waals surface area contributed by atoms with Crippen molar-refractivity contribution in [2.24, 2.45) is 4.99 Å². The lowest BCUT2D eigenvalue weighted by Gasteiger charge is -2.17. The van der Waals surface area contributed by atoms with Crippen molar-refractivity contribution in [3.8, 4) is 5.75 Å². The number of aliphatic imine (C=N–C) groups is 1. The smallest absolute Gasteiger partial charge is 0.191 e. The van der Waals surface area contributed by atoms with Gasteiger partial charge < -0.3 is 24.5 Å². The molecule has 1 aromatic carbocycles. The van der Waals surface area contributed by atoms with Crippen molar-refractivity contribution >= 4 is 29.9 Å². The van der Waals surface area contributed by atoms with Crippen molar-refractivity contribution in [3.05, 3.63) is 53.5 Å². The fourth-order valence-electron chi connectivity index (χ4n) is 2.52. The summed E-state index contributed by atoms with van der Waals surface area (Å²) in [7, 11) is 1.77. The largest absolute Gasteiger partial charge is 0.491 e. The van der Waals surface area contributed by atoms with Crippen LogP contribution in [-0.4, -0.2) is 32.3 Å². The van der Waals surface area contributed by atoms with Crippen LogP contribution in [0.5, 0.6) is 5.75 Å². The number of nitrogens with zero attached hydrogens (tertiary/aromatic N) is 1. The molecule has 6 nitrogen and oxygen atoms in total. The van der Waals surface area contributed by atoms with Gasteiger partial charge in [0, 0.05) is 32.3 Å². The van der Waals surface area contributed by atoms with E-state index in [0.29, 0.717) is 19.8 Å². The summed E-state index contributed by atoms with van der Waals surface area (Å²) >= 11 is 0. The van der Waals surface area contributed by atoms with Gasteiger partial charge in [0.2, 0.25) is 0 Å². The Labute approximate surface area is 185 Å². The Balaban J connectivity index is 0.00000392. The quantitative estimate of drug-likeness (QED) is 0.220. The van der Waals surface area contributed by atoms with Crippen LogP contribution in [0.4, 0.5) is 0 Å². The Morgan fingerprint density at radius 1 is 1.21 bits per heavy atom. The maximum absolute atomic E-state index is 5.92. The van der Waals surface area contributed by atoms with Crippen LogP contribution in [0, 0.1) is 6.92 Å². The summed E-state index contributed by atoms with van der Waals surface area (Å²) in [5.74, 6) is 2.52. The van der Waals surface area contributed by atoms with Crippen molar-refractivity contribution in [2.75, 3.05) is 20.2 Å². The first-order valence-corrected chi connectivity index (χ1v) is 9.39. The Morgan fingerprint density at radius 2 is 2.04 bits per heavy atom. The average molecular weight is 501 g/mol. The van der Waals surface area contributed by atoms with Gasteiger partial charge in [-0.1, -0.05) is 12.1 Å². The number of ether oxygens (including phenoxy) is 2. The van der Waals surface area contributed by atoms with E-state index in [1.807, 2.05) is 26.0 Å². The molecule has 156 valence electrons. The van der Waals surface area contributed by atoms with E-state index in [2.05, 4.69) is 40.7 Å². The minimum atomic E-state index is 0. The van der Waals surface area contributed by atoms with E-state index in [9.17, 15) is 0 Å². The van der Waals surface area contributed by atoms with Crippen LogP contribution in [0.2, 0.25) is 0 Å². The third-order valence-electron chi connectivity index (χ3n) is 3.84. The summed E-state index contributed by atoms with van der Waals surface area (Å²) in [5.41, 5.74) is 2.30.